The molecule has 0 aliphatic heterocycles. The van der Waals surface area contributed by atoms with Gasteiger partial charge in [0.1, 0.15) is 6.17 Å². The van der Waals surface area contributed by atoms with Crippen molar-refractivity contribution in [2.24, 2.45) is 0 Å². The van der Waals surface area contributed by atoms with E-state index in [4.69, 9.17) is 5.41 Å². The molecule has 0 radical (unpaired) electrons. The normalized spacial score (nSPS) is 13.7. The fourth-order valence-corrected chi connectivity index (χ4v) is 1.12. The summed E-state index contributed by atoms with van der Waals surface area (Å²) < 4.78 is 0. The first kappa shape index (κ1) is 12.0. The molecule has 13 heavy (non-hydrogen) atoms. The van der Waals surface area contributed by atoms with Crippen LogP contribution in [-0.4, -0.2) is 38.0 Å². The van der Waals surface area contributed by atoms with Gasteiger partial charge >= 0.3 is 0 Å². The molecule has 4 heteroatoms. The van der Waals surface area contributed by atoms with E-state index in [9.17, 15) is 0 Å². The van der Waals surface area contributed by atoms with Crippen molar-refractivity contribution < 1.29 is 0 Å². The lowest BCUT2D eigenvalue weighted by atomic mass is 10.2. The second-order valence-corrected chi connectivity index (χ2v) is 3.14. The van der Waals surface area contributed by atoms with Gasteiger partial charge in [-0.2, -0.15) is 0 Å². The summed E-state index contributed by atoms with van der Waals surface area (Å²) in [5.41, 5.74) is 1.16. The molecule has 4 nitrogen and oxygen atoms in total. The van der Waals surface area contributed by atoms with Crippen LogP contribution in [-0.2, 0) is 0 Å². The molecule has 0 spiro atoms. The Morgan fingerprint density at radius 1 is 1.54 bits per heavy atom. The molecule has 0 aliphatic rings. The summed E-state index contributed by atoms with van der Waals surface area (Å²) in [6.07, 6.45) is 3.30. The van der Waals surface area contributed by atoms with Crippen LogP contribution < -0.4 is 10.6 Å². The molecule has 0 fully saturated rings. The molecule has 0 saturated heterocycles. The van der Waals surface area contributed by atoms with E-state index < -0.39 is 0 Å². The SMILES string of the molecule is CCNC(NC=N)/C(C)=C/N(C)C. The predicted octanol–water partition coefficient (Wildman–Crippen LogP) is 0.584. The van der Waals surface area contributed by atoms with Crippen LogP contribution in [0.3, 0.4) is 0 Å². The number of nitrogens with one attached hydrogen (secondary N) is 3. The van der Waals surface area contributed by atoms with Crippen molar-refractivity contribution in [2.75, 3.05) is 20.6 Å². The summed E-state index contributed by atoms with van der Waals surface area (Å²) in [4.78, 5) is 1.99. The molecule has 0 amide bonds. The lowest BCUT2D eigenvalue weighted by molar-refractivity contribution is 0.518. The van der Waals surface area contributed by atoms with Crippen LogP contribution in [0.2, 0.25) is 0 Å². The minimum atomic E-state index is 0.0601. The minimum absolute atomic E-state index is 0.0601. The summed E-state index contributed by atoms with van der Waals surface area (Å²) in [5.74, 6) is 0. The average molecular weight is 184 g/mol. The zero-order valence-corrected chi connectivity index (χ0v) is 8.89. The van der Waals surface area contributed by atoms with Gasteiger partial charge in [-0.1, -0.05) is 6.92 Å². The Morgan fingerprint density at radius 3 is 2.54 bits per heavy atom. The van der Waals surface area contributed by atoms with Gasteiger partial charge < -0.3 is 10.2 Å². The van der Waals surface area contributed by atoms with Gasteiger partial charge in [-0.3, -0.25) is 10.7 Å². The predicted molar refractivity (Wildman–Crippen MR) is 56.8 cm³/mol. The highest BCUT2D eigenvalue weighted by molar-refractivity contribution is 5.51. The largest absolute Gasteiger partial charge is 0.383 e. The first-order chi connectivity index (χ1) is 6.11. The van der Waals surface area contributed by atoms with E-state index in [-0.39, 0.29) is 6.17 Å². The topological polar surface area (TPSA) is 51.1 Å². The van der Waals surface area contributed by atoms with E-state index in [1.54, 1.807) is 0 Å². The Kier molecular flexibility index (Phi) is 5.97. The lowest BCUT2D eigenvalue weighted by Gasteiger charge is -2.20. The molecular formula is C9H20N4. The summed E-state index contributed by atoms with van der Waals surface area (Å²) >= 11 is 0. The highest BCUT2D eigenvalue weighted by atomic mass is 15.1. The Labute approximate surface area is 80.5 Å². The zero-order valence-electron chi connectivity index (χ0n) is 8.89. The number of rotatable bonds is 6. The average Bonchev–Trinajstić information content (AvgIpc) is 2.02. The third kappa shape index (κ3) is 5.25. The van der Waals surface area contributed by atoms with Crippen LogP contribution in [0, 0.1) is 5.41 Å². The van der Waals surface area contributed by atoms with Crippen LogP contribution in [0.4, 0.5) is 0 Å². The molecule has 1 unspecified atom stereocenters. The Bertz CT molecular complexity index is 174. The van der Waals surface area contributed by atoms with Gasteiger partial charge in [0.15, 0.2) is 0 Å². The van der Waals surface area contributed by atoms with Gasteiger partial charge in [0, 0.05) is 20.3 Å². The smallest absolute Gasteiger partial charge is 0.101 e. The molecule has 0 bridgehead atoms. The monoisotopic (exact) mass is 184 g/mol. The third-order valence-corrected chi connectivity index (χ3v) is 1.58. The molecular weight excluding hydrogens is 164 g/mol. The van der Waals surface area contributed by atoms with Crippen molar-refractivity contribution in [1.29, 1.82) is 5.41 Å². The maximum Gasteiger partial charge on any atom is 0.101 e. The summed E-state index contributed by atoms with van der Waals surface area (Å²) in [6, 6.07) is 0. The quantitative estimate of drug-likeness (QED) is 0.321. The summed E-state index contributed by atoms with van der Waals surface area (Å²) in [5, 5.41) is 13.1. The van der Waals surface area contributed by atoms with E-state index in [1.165, 1.54) is 6.34 Å². The molecule has 0 aromatic carbocycles. The van der Waals surface area contributed by atoms with E-state index in [1.807, 2.05) is 39.0 Å². The standard InChI is InChI=1S/C9H20N4/c1-5-11-9(12-7-10)8(2)6-13(3)4/h6-7,9,11H,5H2,1-4H3,(H2,10,12)/b8-6+. The maximum absolute atomic E-state index is 6.97. The van der Waals surface area contributed by atoms with Gasteiger partial charge in [-0.05, 0) is 19.0 Å². The van der Waals surface area contributed by atoms with Crippen LogP contribution in [0.25, 0.3) is 0 Å². The van der Waals surface area contributed by atoms with Crippen LogP contribution >= 0.6 is 0 Å². The van der Waals surface area contributed by atoms with Crippen LogP contribution in [0.1, 0.15) is 13.8 Å². The van der Waals surface area contributed by atoms with Gasteiger partial charge in [0.05, 0.1) is 6.34 Å². The molecule has 76 valence electrons. The Hall–Kier alpha value is -1.03. The van der Waals surface area contributed by atoms with E-state index in [0.29, 0.717) is 0 Å². The minimum Gasteiger partial charge on any atom is -0.383 e. The van der Waals surface area contributed by atoms with Crippen molar-refractivity contribution in [3.63, 3.8) is 0 Å². The van der Waals surface area contributed by atoms with Crippen LogP contribution in [0.15, 0.2) is 11.8 Å². The number of hydrogen-bond donors (Lipinski definition) is 3. The van der Waals surface area contributed by atoms with Crippen molar-refractivity contribution in [2.45, 2.75) is 20.0 Å². The van der Waals surface area contributed by atoms with Crippen molar-refractivity contribution in [3.8, 4) is 0 Å². The maximum atomic E-state index is 6.97. The fourth-order valence-electron chi connectivity index (χ4n) is 1.12. The van der Waals surface area contributed by atoms with Crippen molar-refractivity contribution in [3.05, 3.63) is 11.8 Å². The molecule has 0 rings (SSSR count). The second-order valence-electron chi connectivity index (χ2n) is 3.14. The van der Waals surface area contributed by atoms with Gasteiger partial charge in [0.2, 0.25) is 0 Å². The van der Waals surface area contributed by atoms with Gasteiger partial charge in [-0.15, -0.1) is 0 Å². The fraction of sp³-hybridized carbons (Fsp3) is 0.667. The van der Waals surface area contributed by atoms with Crippen molar-refractivity contribution >= 4 is 6.34 Å². The number of hydrogen-bond acceptors (Lipinski definition) is 3. The molecule has 0 aromatic heterocycles. The molecule has 0 aromatic rings. The molecule has 0 aliphatic carbocycles. The van der Waals surface area contributed by atoms with Crippen LogP contribution in [0.5, 0.6) is 0 Å². The van der Waals surface area contributed by atoms with E-state index in [2.05, 4.69) is 10.6 Å². The third-order valence-electron chi connectivity index (χ3n) is 1.58. The second kappa shape index (κ2) is 6.48. The molecule has 0 saturated carbocycles. The number of likely N-dealkylation sites (N-methyl/N-ethyl adjacent to an activating group) is 1. The van der Waals surface area contributed by atoms with E-state index >= 15 is 0 Å². The Balaban J connectivity index is 4.25. The van der Waals surface area contributed by atoms with Gasteiger partial charge in [0.25, 0.3) is 0 Å². The zero-order chi connectivity index (χ0) is 10.3. The first-order valence-electron chi connectivity index (χ1n) is 4.45. The molecule has 1 atom stereocenters. The molecule has 0 heterocycles. The number of nitrogens with zero attached hydrogens (tertiary/aromatic N) is 1. The van der Waals surface area contributed by atoms with E-state index in [0.717, 1.165) is 12.1 Å². The Morgan fingerprint density at radius 2 is 2.15 bits per heavy atom. The lowest BCUT2D eigenvalue weighted by Crippen LogP contribution is -2.42. The first-order valence-corrected chi connectivity index (χ1v) is 4.45. The summed E-state index contributed by atoms with van der Waals surface area (Å²) in [6.45, 7) is 4.95. The molecule has 3 N–H and O–H groups in total. The van der Waals surface area contributed by atoms with Crippen molar-refractivity contribution in [1.82, 2.24) is 15.5 Å². The highest BCUT2D eigenvalue weighted by Gasteiger charge is 2.05. The highest BCUT2D eigenvalue weighted by Crippen LogP contribution is 1.98. The van der Waals surface area contributed by atoms with Gasteiger partial charge in [-0.25, -0.2) is 0 Å². The summed E-state index contributed by atoms with van der Waals surface area (Å²) in [7, 11) is 3.97.